The molecule has 2 heterocycles. The van der Waals surface area contributed by atoms with E-state index in [9.17, 15) is 9.90 Å². The molecular weight excluding hydrogens is 290 g/mol. The Morgan fingerprint density at radius 3 is 2.71 bits per heavy atom. The van der Waals surface area contributed by atoms with Gasteiger partial charge in [-0.2, -0.15) is 0 Å². The topological polar surface area (TPSA) is 67.8 Å². The van der Waals surface area contributed by atoms with Crippen LogP contribution in [0.4, 0.5) is 5.69 Å². The van der Waals surface area contributed by atoms with Crippen LogP contribution in [0.5, 0.6) is 11.5 Å². The van der Waals surface area contributed by atoms with Crippen LogP contribution in [0.3, 0.4) is 0 Å². The number of carboxylic acids is 1. The Morgan fingerprint density at radius 2 is 2.05 bits per heavy atom. The Kier molecular flexibility index (Phi) is 3.96. The summed E-state index contributed by atoms with van der Waals surface area (Å²) in [7, 11) is 0. The molecule has 0 atom stereocenters. The molecule has 0 bridgehead atoms. The molecule has 1 aromatic carbocycles. The quantitative estimate of drug-likeness (QED) is 0.908. The molecule has 0 amide bonds. The molecule has 3 rings (SSSR count). The molecule has 0 radical (unpaired) electrons. The zero-order valence-electron chi connectivity index (χ0n) is 11.3. The van der Waals surface area contributed by atoms with E-state index in [-0.39, 0.29) is 5.56 Å². The van der Waals surface area contributed by atoms with Crippen LogP contribution in [0.25, 0.3) is 0 Å². The summed E-state index contributed by atoms with van der Waals surface area (Å²) in [6.07, 6.45) is 0.787. The molecule has 0 fully saturated rings. The van der Waals surface area contributed by atoms with E-state index < -0.39 is 5.97 Å². The van der Waals surface area contributed by atoms with Gasteiger partial charge in [-0.1, -0.05) is 6.07 Å². The van der Waals surface area contributed by atoms with Crippen molar-refractivity contribution >= 4 is 23.0 Å². The first-order valence-electron chi connectivity index (χ1n) is 6.67. The van der Waals surface area contributed by atoms with Gasteiger partial charge in [0.1, 0.15) is 0 Å². The minimum Gasteiger partial charge on any atom is -0.490 e. The number of carboxylic acid groups (broad SMARTS) is 1. The maximum atomic E-state index is 11.4. The summed E-state index contributed by atoms with van der Waals surface area (Å²) in [5, 5.41) is 14.5. The van der Waals surface area contributed by atoms with Crippen molar-refractivity contribution < 1.29 is 19.4 Å². The van der Waals surface area contributed by atoms with Crippen molar-refractivity contribution in [3.63, 3.8) is 0 Å². The number of carbonyl (C=O) groups is 1. The second-order valence-corrected chi connectivity index (χ2v) is 5.67. The van der Waals surface area contributed by atoms with Crippen LogP contribution in [0.2, 0.25) is 0 Å². The van der Waals surface area contributed by atoms with E-state index in [1.165, 1.54) is 6.07 Å². The molecule has 2 aromatic rings. The van der Waals surface area contributed by atoms with E-state index in [1.807, 2.05) is 17.5 Å². The van der Waals surface area contributed by atoms with Crippen molar-refractivity contribution in [3.8, 4) is 11.5 Å². The minimum absolute atomic E-state index is 0.191. The number of aromatic carboxylic acids is 1. The first-order chi connectivity index (χ1) is 10.2. The zero-order valence-corrected chi connectivity index (χ0v) is 12.1. The lowest BCUT2D eigenvalue weighted by molar-refractivity contribution is 0.0697. The van der Waals surface area contributed by atoms with E-state index in [0.717, 1.165) is 11.3 Å². The highest BCUT2D eigenvalue weighted by Gasteiger charge is 2.18. The van der Waals surface area contributed by atoms with E-state index in [4.69, 9.17) is 9.47 Å². The Hall–Kier alpha value is -2.21. The largest absolute Gasteiger partial charge is 0.490 e. The first-order valence-corrected chi connectivity index (χ1v) is 7.55. The van der Waals surface area contributed by atoms with Crippen LogP contribution in [-0.2, 0) is 6.54 Å². The third-order valence-electron chi connectivity index (χ3n) is 3.15. The lowest BCUT2D eigenvalue weighted by Crippen LogP contribution is -2.07. The summed E-state index contributed by atoms with van der Waals surface area (Å²) in [6.45, 7) is 1.69. The average Bonchev–Trinajstić information content (AvgIpc) is 2.88. The van der Waals surface area contributed by atoms with Crippen LogP contribution < -0.4 is 14.8 Å². The molecular formula is C15H15NO4S. The fourth-order valence-electron chi connectivity index (χ4n) is 2.13. The lowest BCUT2D eigenvalue weighted by Gasteiger charge is -2.13. The molecule has 1 aromatic heterocycles. The number of benzene rings is 1. The Balaban J connectivity index is 1.89. The number of anilines is 1. The molecule has 1 aliphatic rings. The maximum Gasteiger partial charge on any atom is 0.337 e. The summed E-state index contributed by atoms with van der Waals surface area (Å²) in [6, 6.07) is 7.20. The monoisotopic (exact) mass is 305 g/mol. The van der Waals surface area contributed by atoms with Gasteiger partial charge < -0.3 is 19.9 Å². The molecule has 0 aliphatic carbocycles. The minimum atomic E-state index is -0.987. The van der Waals surface area contributed by atoms with Crippen LogP contribution >= 0.6 is 11.3 Å². The van der Waals surface area contributed by atoms with Gasteiger partial charge in [0.05, 0.1) is 24.5 Å². The van der Waals surface area contributed by atoms with Crippen molar-refractivity contribution in [2.45, 2.75) is 13.0 Å². The molecule has 0 spiro atoms. The number of nitrogens with one attached hydrogen (secondary N) is 1. The number of fused-ring (bicyclic) bond motifs is 1. The van der Waals surface area contributed by atoms with Gasteiger partial charge in [0, 0.05) is 30.0 Å². The molecule has 0 unspecified atom stereocenters. The van der Waals surface area contributed by atoms with Gasteiger partial charge in [-0.25, -0.2) is 4.79 Å². The first kappa shape index (κ1) is 13.8. The smallest absolute Gasteiger partial charge is 0.337 e. The molecule has 1 aliphatic heterocycles. The second-order valence-electron chi connectivity index (χ2n) is 4.63. The zero-order chi connectivity index (χ0) is 14.7. The number of rotatable bonds is 4. The molecule has 6 heteroatoms. The third kappa shape index (κ3) is 3.11. The van der Waals surface area contributed by atoms with Crippen molar-refractivity contribution in [1.82, 2.24) is 0 Å². The van der Waals surface area contributed by atoms with Gasteiger partial charge in [0.2, 0.25) is 0 Å². The number of hydrogen-bond donors (Lipinski definition) is 2. The number of ether oxygens (including phenoxy) is 2. The molecule has 21 heavy (non-hydrogen) atoms. The lowest BCUT2D eigenvalue weighted by atomic mass is 10.1. The summed E-state index contributed by atoms with van der Waals surface area (Å²) in [5.41, 5.74) is 0.732. The molecule has 0 saturated heterocycles. The van der Waals surface area contributed by atoms with Crippen LogP contribution in [0.1, 0.15) is 21.7 Å². The van der Waals surface area contributed by atoms with Crippen molar-refractivity contribution in [2.24, 2.45) is 0 Å². The predicted octanol–water partition coefficient (Wildman–Crippen LogP) is 3.22. The van der Waals surface area contributed by atoms with Crippen LogP contribution in [-0.4, -0.2) is 24.3 Å². The van der Waals surface area contributed by atoms with Gasteiger partial charge in [0.25, 0.3) is 0 Å². The normalized spacial score (nSPS) is 13.5. The van der Waals surface area contributed by atoms with E-state index in [0.29, 0.717) is 36.9 Å². The van der Waals surface area contributed by atoms with Crippen molar-refractivity contribution in [2.75, 3.05) is 18.5 Å². The maximum absolute atomic E-state index is 11.4. The fraction of sp³-hybridized carbons (Fsp3) is 0.267. The number of hydrogen-bond acceptors (Lipinski definition) is 5. The van der Waals surface area contributed by atoms with Crippen molar-refractivity contribution in [3.05, 3.63) is 40.1 Å². The molecule has 110 valence electrons. The average molecular weight is 305 g/mol. The standard InChI is InChI=1S/C15H15NO4S/c17-15(18)11-7-13-14(20-5-2-4-19-13)8-12(11)16-9-10-3-1-6-21-10/h1,3,6-8,16H,2,4-5,9H2,(H,17,18). The second kappa shape index (κ2) is 6.05. The van der Waals surface area contributed by atoms with Crippen LogP contribution in [0, 0.1) is 0 Å². The summed E-state index contributed by atoms with van der Waals surface area (Å²) in [5.74, 6) is 0.0945. The summed E-state index contributed by atoms with van der Waals surface area (Å²) >= 11 is 1.62. The van der Waals surface area contributed by atoms with E-state index in [1.54, 1.807) is 17.4 Å². The van der Waals surface area contributed by atoms with Gasteiger partial charge >= 0.3 is 5.97 Å². The van der Waals surface area contributed by atoms with Gasteiger partial charge in [-0.05, 0) is 11.4 Å². The molecule has 2 N–H and O–H groups in total. The van der Waals surface area contributed by atoms with Gasteiger partial charge in [-0.15, -0.1) is 11.3 Å². The summed E-state index contributed by atoms with van der Waals surface area (Å²) < 4.78 is 11.1. The van der Waals surface area contributed by atoms with Crippen LogP contribution in [0.15, 0.2) is 29.6 Å². The predicted molar refractivity (Wildman–Crippen MR) is 80.7 cm³/mol. The van der Waals surface area contributed by atoms with E-state index in [2.05, 4.69) is 5.32 Å². The van der Waals surface area contributed by atoms with Gasteiger partial charge in [0.15, 0.2) is 11.5 Å². The summed E-state index contributed by atoms with van der Waals surface area (Å²) in [4.78, 5) is 12.6. The molecule has 0 saturated carbocycles. The Bertz CT molecular complexity index is 639. The van der Waals surface area contributed by atoms with E-state index >= 15 is 0 Å². The Morgan fingerprint density at radius 1 is 1.29 bits per heavy atom. The third-order valence-corrected chi connectivity index (χ3v) is 4.03. The fourth-order valence-corrected chi connectivity index (χ4v) is 2.77. The Labute approximate surface area is 126 Å². The van der Waals surface area contributed by atoms with Crippen molar-refractivity contribution in [1.29, 1.82) is 0 Å². The highest BCUT2D eigenvalue weighted by molar-refractivity contribution is 7.09. The molecule has 5 nitrogen and oxygen atoms in total. The highest BCUT2D eigenvalue weighted by atomic mass is 32.1. The van der Waals surface area contributed by atoms with Gasteiger partial charge in [-0.3, -0.25) is 0 Å². The highest BCUT2D eigenvalue weighted by Crippen LogP contribution is 2.35. The SMILES string of the molecule is O=C(O)c1cc2c(cc1NCc1cccs1)OCCCO2. The number of thiophene rings is 1.